The van der Waals surface area contributed by atoms with Crippen molar-refractivity contribution in [2.24, 2.45) is 5.92 Å². The SMILES string of the molecule is CCC1CCC2(CC1)NC(=O)N(CN(CC)[C@@H]1CCS(=O)(=O)C1)C2=O. The summed E-state index contributed by atoms with van der Waals surface area (Å²) in [6.45, 7) is 4.90. The van der Waals surface area contributed by atoms with Crippen LogP contribution in [0.5, 0.6) is 0 Å². The molecule has 3 amide bonds. The average Bonchev–Trinajstić information content (AvgIpc) is 3.05. The van der Waals surface area contributed by atoms with Crippen molar-refractivity contribution < 1.29 is 18.0 Å². The van der Waals surface area contributed by atoms with Crippen LogP contribution < -0.4 is 5.32 Å². The molecule has 2 saturated heterocycles. The molecule has 0 bridgehead atoms. The summed E-state index contributed by atoms with van der Waals surface area (Å²) in [5.74, 6) is 0.816. The molecule has 0 aromatic rings. The maximum Gasteiger partial charge on any atom is 0.326 e. The number of carbonyl (C=O) groups is 2. The third-order valence-electron chi connectivity index (χ3n) is 6.24. The smallest absolute Gasteiger partial charge is 0.323 e. The number of nitrogens with one attached hydrogen (secondary N) is 1. The molecular formula is C17H29N3O4S. The molecule has 1 spiro atoms. The van der Waals surface area contributed by atoms with Crippen molar-refractivity contribution in [3.8, 4) is 0 Å². The number of carbonyl (C=O) groups excluding carboxylic acids is 2. The number of urea groups is 1. The van der Waals surface area contributed by atoms with Crippen LogP contribution in [0.2, 0.25) is 0 Å². The predicted molar refractivity (Wildman–Crippen MR) is 94.7 cm³/mol. The van der Waals surface area contributed by atoms with Crippen LogP contribution in [0.15, 0.2) is 0 Å². The van der Waals surface area contributed by atoms with Gasteiger partial charge in [0.05, 0.1) is 18.2 Å². The fraction of sp³-hybridized carbons (Fsp3) is 0.882. The molecule has 0 aromatic heterocycles. The number of imide groups is 1. The van der Waals surface area contributed by atoms with E-state index in [0.717, 1.165) is 19.3 Å². The normalized spacial score (nSPS) is 34.9. The molecule has 3 rings (SSSR count). The van der Waals surface area contributed by atoms with E-state index in [-0.39, 0.29) is 36.2 Å². The van der Waals surface area contributed by atoms with E-state index >= 15 is 0 Å². The number of amides is 3. The molecule has 25 heavy (non-hydrogen) atoms. The van der Waals surface area contributed by atoms with Gasteiger partial charge in [0.15, 0.2) is 9.84 Å². The number of hydrogen-bond donors (Lipinski definition) is 1. The third kappa shape index (κ3) is 3.56. The van der Waals surface area contributed by atoms with Gasteiger partial charge in [-0.1, -0.05) is 20.3 Å². The van der Waals surface area contributed by atoms with Crippen LogP contribution in [0.25, 0.3) is 0 Å². The second kappa shape index (κ2) is 6.87. The van der Waals surface area contributed by atoms with Gasteiger partial charge in [-0.2, -0.15) is 0 Å². The molecule has 3 aliphatic rings. The lowest BCUT2D eigenvalue weighted by atomic mass is 9.75. The zero-order valence-corrected chi connectivity index (χ0v) is 16.0. The highest BCUT2D eigenvalue weighted by Gasteiger charge is 2.52. The van der Waals surface area contributed by atoms with E-state index in [2.05, 4.69) is 12.2 Å². The molecule has 0 unspecified atom stereocenters. The van der Waals surface area contributed by atoms with Crippen LogP contribution in [-0.4, -0.2) is 66.5 Å². The lowest BCUT2D eigenvalue weighted by molar-refractivity contribution is -0.134. The minimum Gasteiger partial charge on any atom is -0.323 e. The highest BCUT2D eigenvalue weighted by molar-refractivity contribution is 7.91. The van der Waals surface area contributed by atoms with E-state index in [9.17, 15) is 18.0 Å². The van der Waals surface area contributed by atoms with Gasteiger partial charge in [0.2, 0.25) is 0 Å². The van der Waals surface area contributed by atoms with E-state index in [0.29, 0.717) is 31.7 Å². The Kier molecular flexibility index (Phi) is 5.12. The molecule has 8 heteroatoms. The van der Waals surface area contributed by atoms with Gasteiger partial charge in [-0.15, -0.1) is 0 Å². The van der Waals surface area contributed by atoms with Crippen LogP contribution in [-0.2, 0) is 14.6 Å². The van der Waals surface area contributed by atoms with E-state index in [4.69, 9.17) is 0 Å². The van der Waals surface area contributed by atoms with Gasteiger partial charge in [0.1, 0.15) is 5.54 Å². The Bertz CT molecular complexity index is 640. The number of hydrogen-bond acceptors (Lipinski definition) is 5. The monoisotopic (exact) mass is 371 g/mol. The summed E-state index contributed by atoms with van der Waals surface area (Å²) in [6.07, 6.45) is 5.03. The van der Waals surface area contributed by atoms with Crippen LogP contribution in [0.1, 0.15) is 52.4 Å². The number of nitrogens with zero attached hydrogens (tertiary/aromatic N) is 2. The molecule has 3 fully saturated rings. The fourth-order valence-electron chi connectivity index (χ4n) is 4.44. The zero-order chi connectivity index (χ0) is 18.2. The topological polar surface area (TPSA) is 86.8 Å². The Morgan fingerprint density at radius 2 is 1.88 bits per heavy atom. The Morgan fingerprint density at radius 1 is 1.20 bits per heavy atom. The Labute approximate surface area is 150 Å². The van der Waals surface area contributed by atoms with Crippen molar-refractivity contribution in [3.63, 3.8) is 0 Å². The minimum absolute atomic E-state index is 0.108. The number of sulfone groups is 1. The van der Waals surface area contributed by atoms with Crippen LogP contribution >= 0.6 is 0 Å². The van der Waals surface area contributed by atoms with Gasteiger partial charge in [0.25, 0.3) is 5.91 Å². The standard InChI is InChI=1S/C17H29N3O4S/c1-3-13-5-8-17(9-6-13)15(21)20(16(22)18-17)12-19(4-2)14-7-10-25(23,24)11-14/h13-14H,3-12H2,1-2H3,(H,18,22)/t13?,14-,17?/m1/s1. The summed E-state index contributed by atoms with van der Waals surface area (Å²) in [4.78, 5) is 28.7. The van der Waals surface area contributed by atoms with Crippen LogP contribution in [0.3, 0.4) is 0 Å². The average molecular weight is 372 g/mol. The first kappa shape index (κ1) is 18.6. The fourth-order valence-corrected chi connectivity index (χ4v) is 6.20. The van der Waals surface area contributed by atoms with Gasteiger partial charge in [-0.3, -0.25) is 9.69 Å². The maximum absolute atomic E-state index is 13.0. The largest absolute Gasteiger partial charge is 0.326 e. The summed E-state index contributed by atoms with van der Waals surface area (Å²) in [6, 6.07) is -0.442. The summed E-state index contributed by atoms with van der Waals surface area (Å²) >= 11 is 0. The molecule has 1 atom stereocenters. The summed E-state index contributed by atoms with van der Waals surface area (Å²) < 4.78 is 23.5. The van der Waals surface area contributed by atoms with E-state index < -0.39 is 15.4 Å². The minimum atomic E-state index is -2.99. The van der Waals surface area contributed by atoms with Crippen LogP contribution in [0, 0.1) is 5.92 Å². The number of rotatable bonds is 5. The molecule has 1 N–H and O–H groups in total. The molecular weight excluding hydrogens is 342 g/mol. The van der Waals surface area contributed by atoms with Crippen molar-refractivity contribution in [2.75, 3.05) is 24.7 Å². The molecule has 2 heterocycles. The van der Waals surface area contributed by atoms with Crippen molar-refractivity contribution >= 4 is 21.8 Å². The lowest BCUT2D eigenvalue weighted by Gasteiger charge is -2.35. The molecule has 0 aromatic carbocycles. The molecule has 2 aliphatic heterocycles. The van der Waals surface area contributed by atoms with Crippen molar-refractivity contribution in [1.82, 2.24) is 15.1 Å². The highest BCUT2D eigenvalue weighted by Crippen LogP contribution is 2.37. The van der Waals surface area contributed by atoms with E-state index in [1.807, 2.05) is 11.8 Å². The third-order valence-corrected chi connectivity index (χ3v) is 7.99. The Morgan fingerprint density at radius 3 is 2.40 bits per heavy atom. The summed E-state index contributed by atoms with van der Waals surface area (Å²) in [5.41, 5.74) is -0.732. The van der Waals surface area contributed by atoms with E-state index in [1.54, 1.807) is 0 Å². The van der Waals surface area contributed by atoms with Crippen LogP contribution in [0.4, 0.5) is 4.79 Å². The van der Waals surface area contributed by atoms with Crippen molar-refractivity contribution in [1.29, 1.82) is 0 Å². The van der Waals surface area contributed by atoms with E-state index in [1.165, 1.54) is 4.90 Å². The lowest BCUT2D eigenvalue weighted by Crippen LogP contribution is -2.51. The molecule has 0 radical (unpaired) electrons. The summed E-state index contributed by atoms with van der Waals surface area (Å²) in [5, 5.41) is 2.94. The first-order chi connectivity index (χ1) is 11.8. The summed E-state index contributed by atoms with van der Waals surface area (Å²) in [7, 11) is -2.99. The quantitative estimate of drug-likeness (QED) is 0.737. The zero-order valence-electron chi connectivity index (χ0n) is 15.2. The highest BCUT2D eigenvalue weighted by atomic mass is 32.2. The maximum atomic E-state index is 13.0. The molecule has 1 aliphatic carbocycles. The van der Waals surface area contributed by atoms with Gasteiger partial charge >= 0.3 is 6.03 Å². The molecule has 1 saturated carbocycles. The molecule has 142 valence electrons. The molecule has 7 nitrogen and oxygen atoms in total. The second-order valence-corrected chi connectivity index (χ2v) is 9.93. The Hall–Kier alpha value is -1.15. The first-order valence-corrected chi connectivity index (χ1v) is 11.2. The van der Waals surface area contributed by atoms with Gasteiger partial charge < -0.3 is 5.32 Å². The van der Waals surface area contributed by atoms with Gasteiger partial charge in [0, 0.05) is 6.04 Å². The van der Waals surface area contributed by atoms with Gasteiger partial charge in [-0.05, 0) is 44.6 Å². The van der Waals surface area contributed by atoms with Crippen molar-refractivity contribution in [3.05, 3.63) is 0 Å². The Balaban J connectivity index is 1.68. The predicted octanol–water partition coefficient (Wildman–Crippen LogP) is 1.34. The first-order valence-electron chi connectivity index (χ1n) is 9.39. The van der Waals surface area contributed by atoms with Crippen molar-refractivity contribution in [2.45, 2.75) is 64.0 Å². The van der Waals surface area contributed by atoms with Gasteiger partial charge in [-0.25, -0.2) is 18.1 Å². The second-order valence-electron chi connectivity index (χ2n) is 7.70.